The molecule has 1 aromatic carbocycles. The molecule has 0 aliphatic heterocycles. The first kappa shape index (κ1) is 16.2. The van der Waals surface area contributed by atoms with E-state index < -0.39 is 0 Å². The van der Waals surface area contributed by atoms with Gasteiger partial charge < -0.3 is 15.2 Å². The topological polar surface area (TPSA) is 41.5 Å². The molecule has 0 bridgehead atoms. The van der Waals surface area contributed by atoms with Gasteiger partial charge in [0.25, 0.3) is 0 Å². The van der Waals surface area contributed by atoms with Crippen LogP contribution in [0.2, 0.25) is 0 Å². The van der Waals surface area contributed by atoms with Crippen LogP contribution in [0, 0.1) is 5.41 Å². The summed E-state index contributed by atoms with van der Waals surface area (Å²) in [6.07, 6.45) is 1.99. The summed E-state index contributed by atoms with van der Waals surface area (Å²) in [6, 6.07) is 8.41. The van der Waals surface area contributed by atoms with Crippen LogP contribution < -0.4 is 5.32 Å². The average molecular weight is 265 g/mol. The van der Waals surface area contributed by atoms with Crippen molar-refractivity contribution in [2.45, 2.75) is 39.8 Å². The molecule has 2 N–H and O–H groups in total. The van der Waals surface area contributed by atoms with Gasteiger partial charge in [-0.3, -0.25) is 0 Å². The van der Waals surface area contributed by atoms with E-state index in [0.29, 0.717) is 6.61 Å². The average Bonchev–Trinajstić information content (AvgIpc) is 2.45. The summed E-state index contributed by atoms with van der Waals surface area (Å²) in [4.78, 5) is 0. The van der Waals surface area contributed by atoms with E-state index in [1.54, 1.807) is 7.11 Å². The Morgan fingerprint density at radius 3 is 2.47 bits per heavy atom. The lowest BCUT2D eigenvalue weighted by molar-refractivity contribution is 0.113. The van der Waals surface area contributed by atoms with Gasteiger partial charge in [-0.2, -0.15) is 0 Å². The molecule has 0 saturated heterocycles. The second-order valence-corrected chi connectivity index (χ2v) is 5.22. The van der Waals surface area contributed by atoms with Crippen molar-refractivity contribution in [2.24, 2.45) is 5.41 Å². The van der Waals surface area contributed by atoms with Gasteiger partial charge >= 0.3 is 0 Å². The number of hydrogen-bond donors (Lipinski definition) is 2. The molecule has 19 heavy (non-hydrogen) atoms. The van der Waals surface area contributed by atoms with Gasteiger partial charge in [0.05, 0.1) is 6.61 Å². The van der Waals surface area contributed by atoms with Gasteiger partial charge in [0.2, 0.25) is 0 Å². The molecule has 0 atom stereocenters. The van der Waals surface area contributed by atoms with Crippen molar-refractivity contribution >= 4 is 0 Å². The summed E-state index contributed by atoms with van der Waals surface area (Å²) < 4.78 is 5.14. The first-order valence-electron chi connectivity index (χ1n) is 7.08. The summed E-state index contributed by atoms with van der Waals surface area (Å²) in [7, 11) is 1.71. The lowest BCUT2D eigenvalue weighted by Crippen LogP contribution is -2.36. The summed E-state index contributed by atoms with van der Waals surface area (Å²) >= 11 is 0. The second kappa shape index (κ2) is 8.31. The fourth-order valence-electron chi connectivity index (χ4n) is 2.25. The Morgan fingerprint density at radius 2 is 1.89 bits per heavy atom. The van der Waals surface area contributed by atoms with E-state index in [0.717, 1.165) is 25.9 Å². The molecule has 1 aromatic rings. The quantitative estimate of drug-likeness (QED) is 0.721. The van der Waals surface area contributed by atoms with E-state index in [2.05, 4.69) is 43.4 Å². The van der Waals surface area contributed by atoms with Crippen molar-refractivity contribution in [3.05, 3.63) is 35.4 Å². The Kier molecular flexibility index (Phi) is 7.06. The van der Waals surface area contributed by atoms with Crippen molar-refractivity contribution < 1.29 is 9.84 Å². The highest BCUT2D eigenvalue weighted by atomic mass is 16.5. The molecule has 108 valence electrons. The minimum Gasteiger partial charge on any atom is -0.396 e. The first-order valence-corrected chi connectivity index (χ1v) is 7.08. The smallest absolute Gasteiger partial charge is 0.0713 e. The molecule has 0 fully saturated rings. The van der Waals surface area contributed by atoms with Crippen LogP contribution in [0.5, 0.6) is 0 Å². The lowest BCUT2D eigenvalue weighted by Gasteiger charge is -2.29. The highest BCUT2D eigenvalue weighted by Crippen LogP contribution is 2.24. The highest BCUT2D eigenvalue weighted by Gasteiger charge is 2.24. The van der Waals surface area contributed by atoms with Crippen molar-refractivity contribution in [2.75, 3.05) is 20.3 Å². The molecular weight excluding hydrogens is 238 g/mol. The molecule has 0 saturated carbocycles. The van der Waals surface area contributed by atoms with Gasteiger partial charge in [-0.25, -0.2) is 0 Å². The zero-order valence-electron chi connectivity index (χ0n) is 12.4. The second-order valence-electron chi connectivity index (χ2n) is 5.22. The van der Waals surface area contributed by atoms with Gasteiger partial charge in [0.1, 0.15) is 0 Å². The number of hydrogen-bond acceptors (Lipinski definition) is 3. The number of aliphatic hydroxyl groups excluding tert-OH is 1. The molecule has 0 heterocycles. The molecule has 3 heteroatoms. The number of benzene rings is 1. The van der Waals surface area contributed by atoms with Crippen molar-refractivity contribution in [1.29, 1.82) is 0 Å². The molecule has 0 aliphatic rings. The van der Waals surface area contributed by atoms with Crippen LogP contribution in [0.1, 0.15) is 37.8 Å². The maximum atomic E-state index is 9.53. The van der Waals surface area contributed by atoms with Crippen LogP contribution in [-0.2, 0) is 17.9 Å². The molecular formula is C16H27NO2. The molecule has 0 radical (unpaired) electrons. The molecule has 0 unspecified atom stereocenters. The molecule has 3 nitrogen and oxygen atoms in total. The van der Waals surface area contributed by atoms with Crippen molar-refractivity contribution in [1.82, 2.24) is 5.32 Å². The summed E-state index contributed by atoms with van der Waals surface area (Å²) in [5.74, 6) is 0. The fraction of sp³-hybridized carbons (Fsp3) is 0.625. The molecule has 1 rings (SSSR count). The number of aliphatic hydroxyl groups is 1. The van der Waals surface area contributed by atoms with Gasteiger partial charge in [-0.05, 0) is 24.0 Å². The Bertz CT molecular complexity index is 353. The maximum Gasteiger partial charge on any atom is 0.0713 e. The third kappa shape index (κ3) is 4.94. The number of methoxy groups -OCH3 is 1. The molecule has 0 spiro atoms. The third-order valence-electron chi connectivity index (χ3n) is 3.97. The van der Waals surface area contributed by atoms with E-state index in [4.69, 9.17) is 4.74 Å². The fourth-order valence-corrected chi connectivity index (χ4v) is 2.25. The van der Waals surface area contributed by atoms with E-state index in [1.165, 1.54) is 11.1 Å². The Hall–Kier alpha value is -0.900. The first-order chi connectivity index (χ1) is 9.19. The standard InChI is InChI=1S/C16H27NO2/c1-4-16(5-2,13-18)12-17-10-14-7-6-8-15(9-14)11-19-3/h6-9,17-18H,4-5,10-13H2,1-3H3. The zero-order chi connectivity index (χ0) is 14.1. The van der Waals surface area contributed by atoms with Gasteiger partial charge in [-0.1, -0.05) is 38.1 Å². The molecule has 0 amide bonds. The third-order valence-corrected chi connectivity index (χ3v) is 3.97. The van der Waals surface area contributed by atoms with Crippen molar-refractivity contribution in [3.8, 4) is 0 Å². The predicted molar refractivity (Wildman–Crippen MR) is 79.0 cm³/mol. The summed E-state index contributed by atoms with van der Waals surface area (Å²) in [5.41, 5.74) is 2.47. The zero-order valence-corrected chi connectivity index (χ0v) is 12.4. The largest absolute Gasteiger partial charge is 0.396 e. The monoisotopic (exact) mass is 265 g/mol. The molecule has 0 aliphatic carbocycles. The SMILES string of the molecule is CCC(CC)(CO)CNCc1cccc(COC)c1. The van der Waals surface area contributed by atoms with E-state index in [1.807, 2.05) is 0 Å². The van der Waals surface area contributed by atoms with Crippen LogP contribution >= 0.6 is 0 Å². The number of ether oxygens (including phenoxy) is 1. The van der Waals surface area contributed by atoms with Crippen LogP contribution in [0.15, 0.2) is 24.3 Å². The minimum absolute atomic E-state index is 0.0180. The molecule has 0 aromatic heterocycles. The summed E-state index contributed by atoms with van der Waals surface area (Å²) in [5, 5.41) is 13.0. The van der Waals surface area contributed by atoms with Crippen LogP contribution in [0.3, 0.4) is 0 Å². The normalized spacial score (nSPS) is 11.8. The number of rotatable bonds is 9. The van der Waals surface area contributed by atoms with Crippen LogP contribution in [-0.4, -0.2) is 25.4 Å². The van der Waals surface area contributed by atoms with Crippen LogP contribution in [0.4, 0.5) is 0 Å². The predicted octanol–water partition coefficient (Wildman–Crippen LogP) is 2.72. The van der Waals surface area contributed by atoms with Crippen LogP contribution in [0.25, 0.3) is 0 Å². The Balaban J connectivity index is 2.50. The Labute approximate surface area is 117 Å². The summed E-state index contributed by atoms with van der Waals surface area (Å²) in [6.45, 7) is 6.86. The van der Waals surface area contributed by atoms with Crippen molar-refractivity contribution in [3.63, 3.8) is 0 Å². The van der Waals surface area contributed by atoms with E-state index >= 15 is 0 Å². The van der Waals surface area contributed by atoms with E-state index in [9.17, 15) is 5.11 Å². The Morgan fingerprint density at radius 1 is 1.21 bits per heavy atom. The van der Waals surface area contributed by atoms with Gasteiger partial charge in [0, 0.05) is 32.2 Å². The number of nitrogens with one attached hydrogen (secondary N) is 1. The van der Waals surface area contributed by atoms with Gasteiger partial charge in [-0.15, -0.1) is 0 Å². The van der Waals surface area contributed by atoms with Gasteiger partial charge in [0.15, 0.2) is 0 Å². The minimum atomic E-state index is 0.0180. The van der Waals surface area contributed by atoms with E-state index in [-0.39, 0.29) is 12.0 Å². The lowest BCUT2D eigenvalue weighted by atomic mass is 9.83. The highest BCUT2D eigenvalue weighted by molar-refractivity contribution is 5.22. The maximum absolute atomic E-state index is 9.53.